The summed E-state index contributed by atoms with van der Waals surface area (Å²) in [6.07, 6.45) is 3.44. The number of ether oxygens (including phenoxy) is 3. The van der Waals surface area contributed by atoms with E-state index in [2.05, 4.69) is 54.1 Å². The Bertz CT molecular complexity index is 3160. The van der Waals surface area contributed by atoms with Crippen LogP contribution in [0.5, 0.6) is 0 Å². The number of pyridine rings is 1. The standard InChI is InChI=1S/C60H76N10O9S/c1-9-69(46-19-23-77-24-20-46)51-30-45(29-48(39(51)4)56(73)62-32-49-37(2)28-38(3)64-57(49)74)42-14-16-43(17-15-42)50-34-68(67-66-50)22-25-78-26-27-79-35-53(72)65-55(60(6,7)8)59(76)70-33-47(71)31-52(70)58(75)61-21-18-41-10-12-44(13-11-41)54-40(5)63-36-80-54/h10-17,28-30,34,36,46-47,52,55,71H,9,18-27,31-33,35H2,1-8H3,(H,61,75)(H,62,73)(H,64,74)(H,65,72)/t47-,52+,55-/m1/s1. The average Bonchev–Trinajstić information content (AvgIpc) is 4.21. The molecule has 3 aromatic heterocycles. The molecule has 3 atom stereocenters. The number of aromatic nitrogens is 5. The number of aryl methyl sites for hydroxylation is 3. The van der Waals surface area contributed by atoms with E-state index >= 15 is 0 Å². The van der Waals surface area contributed by atoms with Crippen molar-refractivity contribution in [3.63, 3.8) is 0 Å². The van der Waals surface area contributed by atoms with Gasteiger partial charge in [0.1, 0.15) is 24.4 Å². The van der Waals surface area contributed by atoms with Gasteiger partial charge in [0, 0.05) is 79.9 Å². The van der Waals surface area contributed by atoms with Crippen LogP contribution in [0, 0.1) is 33.1 Å². The summed E-state index contributed by atoms with van der Waals surface area (Å²) >= 11 is 1.59. The number of aromatic amines is 1. The van der Waals surface area contributed by atoms with Crippen LogP contribution >= 0.6 is 11.3 Å². The number of likely N-dealkylation sites (tertiary alicyclic amines) is 1. The first-order valence-corrected chi connectivity index (χ1v) is 28.4. The fourth-order valence-corrected chi connectivity index (χ4v) is 11.3. The van der Waals surface area contributed by atoms with E-state index in [1.165, 1.54) is 4.90 Å². The third-order valence-corrected chi connectivity index (χ3v) is 15.9. The normalized spacial score (nSPS) is 16.1. The third-order valence-electron chi connectivity index (χ3n) is 14.9. The van der Waals surface area contributed by atoms with E-state index in [4.69, 9.17) is 14.2 Å². The summed E-state index contributed by atoms with van der Waals surface area (Å²) in [6, 6.07) is 20.5. The molecule has 0 bridgehead atoms. The number of thiazole rings is 1. The number of hydrogen-bond acceptors (Lipinski definition) is 14. The van der Waals surface area contributed by atoms with Gasteiger partial charge in [0.2, 0.25) is 17.7 Å². The van der Waals surface area contributed by atoms with Crippen LogP contribution in [0.4, 0.5) is 5.69 Å². The van der Waals surface area contributed by atoms with Gasteiger partial charge in [-0.05, 0) is 111 Å². The maximum absolute atomic E-state index is 14.1. The number of nitrogens with zero attached hydrogens (tertiary/aromatic N) is 6. The van der Waals surface area contributed by atoms with Crippen molar-refractivity contribution in [1.82, 2.24) is 45.8 Å². The van der Waals surface area contributed by atoms with Crippen LogP contribution in [0.25, 0.3) is 32.8 Å². The summed E-state index contributed by atoms with van der Waals surface area (Å²) in [5, 5.41) is 28.1. The number of benzene rings is 3. The molecule has 80 heavy (non-hydrogen) atoms. The zero-order valence-electron chi connectivity index (χ0n) is 47.2. The van der Waals surface area contributed by atoms with E-state index in [9.17, 15) is 29.1 Å². The number of hydrogen-bond donors (Lipinski definition) is 5. The summed E-state index contributed by atoms with van der Waals surface area (Å²) in [6.45, 7) is 18.6. The number of carbonyl (C=O) groups is 4. The molecule has 0 saturated carbocycles. The van der Waals surface area contributed by atoms with Crippen LogP contribution in [0.2, 0.25) is 0 Å². The monoisotopic (exact) mass is 1110 g/mol. The summed E-state index contributed by atoms with van der Waals surface area (Å²) in [5.41, 5.74) is 11.9. The fraction of sp³-hybridized carbons (Fsp3) is 0.467. The number of H-pyrrole nitrogens is 1. The lowest BCUT2D eigenvalue weighted by Crippen LogP contribution is -2.58. The lowest BCUT2D eigenvalue weighted by atomic mass is 9.85. The highest BCUT2D eigenvalue weighted by atomic mass is 32.1. The first kappa shape index (κ1) is 59.0. The van der Waals surface area contributed by atoms with Crippen molar-refractivity contribution >= 4 is 40.7 Å². The highest BCUT2D eigenvalue weighted by Gasteiger charge is 2.44. The molecule has 19 nitrogen and oxygen atoms in total. The lowest BCUT2D eigenvalue weighted by Gasteiger charge is -2.37. The molecule has 4 amide bonds. The molecule has 2 aliphatic heterocycles. The molecule has 3 aromatic carbocycles. The van der Waals surface area contributed by atoms with Gasteiger partial charge in [-0.3, -0.25) is 24.0 Å². The van der Waals surface area contributed by atoms with Crippen molar-refractivity contribution in [1.29, 1.82) is 0 Å². The summed E-state index contributed by atoms with van der Waals surface area (Å²) in [4.78, 5) is 79.6. The number of β-amino-alcohol motifs (C(OH)–C–C–N with tert-alkyl or cyclic N) is 1. The predicted molar refractivity (Wildman–Crippen MR) is 308 cm³/mol. The summed E-state index contributed by atoms with van der Waals surface area (Å²) < 4.78 is 18.8. The molecule has 2 fully saturated rings. The molecule has 20 heteroatoms. The van der Waals surface area contributed by atoms with Crippen LogP contribution in [0.3, 0.4) is 0 Å². The third kappa shape index (κ3) is 14.8. The molecule has 426 valence electrons. The molecule has 0 radical (unpaired) electrons. The minimum Gasteiger partial charge on any atom is -0.391 e. The highest BCUT2D eigenvalue weighted by molar-refractivity contribution is 7.13. The predicted octanol–water partition coefficient (Wildman–Crippen LogP) is 6.48. The van der Waals surface area contributed by atoms with E-state index in [0.29, 0.717) is 56.2 Å². The number of carbonyl (C=O) groups excluding carboxylic acids is 4. The van der Waals surface area contributed by atoms with Crippen molar-refractivity contribution < 1.29 is 38.5 Å². The van der Waals surface area contributed by atoms with Gasteiger partial charge < -0.3 is 50.1 Å². The number of aliphatic hydroxyl groups is 1. The van der Waals surface area contributed by atoms with Gasteiger partial charge in [-0.1, -0.05) is 74.5 Å². The van der Waals surface area contributed by atoms with E-state index in [1.807, 2.05) is 121 Å². The fourth-order valence-electron chi connectivity index (χ4n) is 10.5. The van der Waals surface area contributed by atoms with Gasteiger partial charge >= 0.3 is 0 Å². The molecule has 0 aliphatic carbocycles. The van der Waals surface area contributed by atoms with Crippen LogP contribution in [0.15, 0.2) is 83.2 Å². The minimum atomic E-state index is -0.981. The van der Waals surface area contributed by atoms with E-state index in [0.717, 1.165) is 80.3 Å². The number of aliphatic hydroxyl groups excluding tert-OH is 1. The zero-order chi connectivity index (χ0) is 57.1. The van der Waals surface area contributed by atoms with Gasteiger partial charge in [-0.2, -0.15) is 0 Å². The quantitative estimate of drug-likeness (QED) is 0.0433. The van der Waals surface area contributed by atoms with Crippen molar-refractivity contribution in [2.24, 2.45) is 5.41 Å². The topological polar surface area (TPSA) is 235 Å². The van der Waals surface area contributed by atoms with Gasteiger partial charge in [0.05, 0.1) is 54.7 Å². The molecule has 2 saturated heterocycles. The number of nitrogens with one attached hydrogen (secondary N) is 4. The average molecular weight is 1110 g/mol. The maximum Gasteiger partial charge on any atom is 0.253 e. The second kappa shape index (κ2) is 26.9. The Morgan fingerprint density at radius 3 is 2.31 bits per heavy atom. The van der Waals surface area contributed by atoms with Gasteiger partial charge in [0.25, 0.3) is 11.5 Å². The van der Waals surface area contributed by atoms with Crippen LogP contribution in [-0.4, -0.2) is 142 Å². The molecule has 8 rings (SSSR count). The smallest absolute Gasteiger partial charge is 0.253 e. The van der Waals surface area contributed by atoms with Crippen molar-refractivity contribution in [2.75, 3.05) is 64.2 Å². The Morgan fingerprint density at radius 2 is 1.62 bits per heavy atom. The Hall–Kier alpha value is -7.10. The molecule has 5 heterocycles. The number of rotatable bonds is 23. The molecule has 0 spiro atoms. The Balaban J connectivity index is 0.798. The first-order valence-electron chi connectivity index (χ1n) is 27.6. The van der Waals surface area contributed by atoms with E-state index < -0.39 is 35.4 Å². The van der Waals surface area contributed by atoms with Crippen LogP contribution in [0.1, 0.15) is 91.0 Å². The Kier molecular flexibility index (Phi) is 19.9. The lowest BCUT2D eigenvalue weighted by molar-refractivity contribution is -0.144. The van der Waals surface area contributed by atoms with Gasteiger partial charge in [0.15, 0.2) is 0 Å². The second-order valence-electron chi connectivity index (χ2n) is 21.8. The SMILES string of the molecule is CCN(c1cc(-c2ccc(-c3cn(CCOCCOCC(=O)N[C@H](C(=O)N4C[C@H](O)C[C@H]4C(=O)NCCc4ccc(-c5scnc5C)cc4)C(C)(C)C)nn3)cc2)cc(C(=O)NCc2c(C)cc(C)[nH]c2=O)c1C)C1CCOCC1. The summed E-state index contributed by atoms with van der Waals surface area (Å²) in [7, 11) is 0. The minimum absolute atomic E-state index is 0.0204. The number of amides is 4. The Labute approximate surface area is 471 Å². The van der Waals surface area contributed by atoms with E-state index in [-0.39, 0.29) is 62.7 Å². The van der Waals surface area contributed by atoms with Crippen LogP contribution < -0.4 is 26.4 Å². The van der Waals surface area contributed by atoms with Crippen molar-refractivity contribution in [3.05, 3.63) is 128 Å². The largest absolute Gasteiger partial charge is 0.391 e. The van der Waals surface area contributed by atoms with Crippen molar-refractivity contribution in [3.8, 4) is 32.8 Å². The number of anilines is 1. The zero-order valence-corrected chi connectivity index (χ0v) is 48.0. The molecule has 0 unspecified atom stereocenters. The first-order chi connectivity index (χ1) is 38.4. The molecular weight excluding hydrogens is 1040 g/mol. The maximum atomic E-state index is 14.1. The molecule has 6 aromatic rings. The molecule has 2 aliphatic rings. The highest BCUT2D eigenvalue weighted by Crippen LogP contribution is 2.35. The van der Waals surface area contributed by atoms with Gasteiger partial charge in [-0.25, -0.2) is 9.67 Å². The molecule has 5 N–H and O–H groups in total. The summed E-state index contributed by atoms with van der Waals surface area (Å²) in [5.74, 6) is -1.55. The second-order valence-corrected chi connectivity index (χ2v) is 22.7. The van der Waals surface area contributed by atoms with Crippen molar-refractivity contribution in [2.45, 2.75) is 118 Å². The Morgan fingerprint density at radius 1 is 0.912 bits per heavy atom. The molecular formula is C60H76N10O9S. The van der Waals surface area contributed by atoms with Crippen LogP contribution in [-0.2, 0) is 48.1 Å². The van der Waals surface area contributed by atoms with E-state index in [1.54, 1.807) is 16.0 Å². The van der Waals surface area contributed by atoms with Gasteiger partial charge in [-0.15, -0.1) is 16.4 Å².